The van der Waals surface area contributed by atoms with Gasteiger partial charge in [-0.05, 0) is 40.5 Å². The van der Waals surface area contributed by atoms with Crippen LogP contribution in [0, 0.1) is 6.92 Å². The number of benzene rings is 1. The minimum atomic E-state index is -0.0676. The van der Waals surface area contributed by atoms with E-state index in [1.807, 2.05) is 13.0 Å². The Balaban J connectivity index is 2.37. The average molecular weight is 306 g/mol. The van der Waals surface area contributed by atoms with Crippen LogP contribution in [0.4, 0.5) is 5.69 Å². The topological polar surface area (TPSA) is 54.0 Å². The van der Waals surface area contributed by atoms with Crippen LogP contribution in [0.25, 0.3) is 10.9 Å². The molecule has 1 aliphatic rings. The second-order valence-electron chi connectivity index (χ2n) is 4.37. The predicted molar refractivity (Wildman–Crippen MR) is 75.0 cm³/mol. The van der Waals surface area contributed by atoms with Crippen molar-refractivity contribution in [1.29, 1.82) is 0 Å². The Morgan fingerprint density at radius 3 is 2.89 bits per heavy atom. The summed E-state index contributed by atoms with van der Waals surface area (Å²) >= 11 is 3.52. The zero-order chi connectivity index (χ0) is 12.7. The van der Waals surface area contributed by atoms with E-state index in [0.29, 0.717) is 12.1 Å². The maximum absolute atomic E-state index is 11.9. The van der Waals surface area contributed by atoms with Gasteiger partial charge in [0.15, 0.2) is 0 Å². The van der Waals surface area contributed by atoms with Crippen LogP contribution in [0.1, 0.15) is 15.9 Å². The number of nitrogens with one attached hydrogen (secondary N) is 2. The maximum Gasteiger partial charge on any atom is 0.255 e. The Morgan fingerprint density at radius 2 is 2.06 bits per heavy atom. The van der Waals surface area contributed by atoms with E-state index in [1.54, 1.807) is 6.20 Å². The molecule has 0 spiro atoms. The van der Waals surface area contributed by atoms with Gasteiger partial charge >= 0.3 is 0 Å². The lowest BCUT2D eigenvalue weighted by Crippen LogP contribution is -2.24. The minimum absolute atomic E-state index is 0.0676. The van der Waals surface area contributed by atoms with E-state index in [1.165, 1.54) is 0 Å². The fraction of sp³-hybridized carbons (Fsp3) is 0.231. The molecule has 0 radical (unpaired) electrons. The van der Waals surface area contributed by atoms with Crippen LogP contribution in [0.15, 0.2) is 22.8 Å². The van der Waals surface area contributed by atoms with Crippen molar-refractivity contribution in [3.05, 3.63) is 33.9 Å². The third kappa shape index (κ3) is 1.75. The van der Waals surface area contributed by atoms with E-state index in [0.717, 1.165) is 33.2 Å². The highest BCUT2D eigenvalue weighted by atomic mass is 79.9. The van der Waals surface area contributed by atoms with Crippen molar-refractivity contribution in [2.75, 3.05) is 18.4 Å². The van der Waals surface area contributed by atoms with E-state index in [4.69, 9.17) is 0 Å². The van der Waals surface area contributed by atoms with Crippen LogP contribution in [0.5, 0.6) is 0 Å². The van der Waals surface area contributed by atoms with Gasteiger partial charge in [-0.3, -0.25) is 9.78 Å². The Morgan fingerprint density at radius 1 is 1.28 bits per heavy atom. The quantitative estimate of drug-likeness (QED) is 0.786. The summed E-state index contributed by atoms with van der Waals surface area (Å²) in [7, 11) is 0. The van der Waals surface area contributed by atoms with Crippen molar-refractivity contribution < 1.29 is 4.79 Å². The molecule has 4 nitrogen and oxygen atoms in total. The summed E-state index contributed by atoms with van der Waals surface area (Å²) in [6.45, 7) is 3.38. The standard InChI is InChI=1S/C13H12BrN3O/c1-7-4-8-11-9(13(18)16-3-2-15-11)6-17-12(8)10(14)5-7/h4-6,15H,2-3H2,1H3,(H,16,18). The number of fused-ring (bicyclic) bond motifs is 3. The van der Waals surface area contributed by atoms with Gasteiger partial charge in [-0.2, -0.15) is 0 Å². The first-order chi connectivity index (χ1) is 8.66. The van der Waals surface area contributed by atoms with Gasteiger partial charge in [0, 0.05) is 29.1 Å². The van der Waals surface area contributed by atoms with Gasteiger partial charge in [-0.1, -0.05) is 0 Å². The molecule has 1 aromatic carbocycles. The first kappa shape index (κ1) is 11.5. The molecule has 0 atom stereocenters. The van der Waals surface area contributed by atoms with Crippen LogP contribution in [-0.2, 0) is 0 Å². The van der Waals surface area contributed by atoms with Crippen LogP contribution in [0.3, 0.4) is 0 Å². The van der Waals surface area contributed by atoms with Crippen LogP contribution < -0.4 is 10.6 Å². The summed E-state index contributed by atoms with van der Waals surface area (Å²) in [5, 5.41) is 7.13. The molecule has 2 heterocycles. The third-order valence-corrected chi connectivity index (χ3v) is 3.63. The second-order valence-corrected chi connectivity index (χ2v) is 5.23. The van der Waals surface area contributed by atoms with Crippen LogP contribution in [0.2, 0.25) is 0 Å². The number of hydrogen-bond acceptors (Lipinski definition) is 3. The van der Waals surface area contributed by atoms with Gasteiger partial charge in [0.2, 0.25) is 0 Å². The third-order valence-electron chi connectivity index (χ3n) is 3.03. The van der Waals surface area contributed by atoms with Gasteiger partial charge in [0.1, 0.15) is 0 Å². The molecule has 1 aliphatic heterocycles. The lowest BCUT2D eigenvalue weighted by Gasteiger charge is -2.11. The highest BCUT2D eigenvalue weighted by molar-refractivity contribution is 9.10. The number of carbonyl (C=O) groups excluding carboxylic acids is 1. The zero-order valence-corrected chi connectivity index (χ0v) is 11.5. The highest BCUT2D eigenvalue weighted by Crippen LogP contribution is 2.32. The Bertz CT molecular complexity index is 654. The number of anilines is 1. The average Bonchev–Trinajstić information content (AvgIpc) is 2.51. The first-order valence-corrected chi connectivity index (χ1v) is 6.57. The second kappa shape index (κ2) is 4.24. The van der Waals surface area contributed by atoms with E-state index in [2.05, 4.69) is 37.6 Å². The van der Waals surface area contributed by atoms with Crippen molar-refractivity contribution in [3.63, 3.8) is 0 Å². The Kier molecular flexibility index (Phi) is 2.70. The molecule has 18 heavy (non-hydrogen) atoms. The fourth-order valence-electron chi connectivity index (χ4n) is 2.22. The number of nitrogens with zero attached hydrogens (tertiary/aromatic N) is 1. The lowest BCUT2D eigenvalue weighted by atomic mass is 10.1. The smallest absolute Gasteiger partial charge is 0.255 e. The van der Waals surface area contributed by atoms with Crippen molar-refractivity contribution in [2.24, 2.45) is 0 Å². The number of amides is 1. The predicted octanol–water partition coefficient (Wildman–Crippen LogP) is 2.46. The molecular formula is C13H12BrN3O. The van der Waals surface area contributed by atoms with Gasteiger partial charge in [-0.25, -0.2) is 0 Å². The van der Waals surface area contributed by atoms with E-state index in [9.17, 15) is 4.79 Å². The van der Waals surface area contributed by atoms with Crippen molar-refractivity contribution >= 4 is 38.4 Å². The van der Waals surface area contributed by atoms with Gasteiger partial charge in [0.05, 0.1) is 16.8 Å². The van der Waals surface area contributed by atoms with Gasteiger partial charge in [0.25, 0.3) is 5.91 Å². The van der Waals surface area contributed by atoms with Gasteiger partial charge < -0.3 is 10.6 Å². The summed E-state index contributed by atoms with van der Waals surface area (Å²) in [5.41, 5.74) is 3.49. The molecular weight excluding hydrogens is 294 g/mol. The highest BCUT2D eigenvalue weighted by Gasteiger charge is 2.18. The van der Waals surface area contributed by atoms with Gasteiger partial charge in [-0.15, -0.1) is 0 Å². The molecule has 0 saturated carbocycles. The van der Waals surface area contributed by atoms with Crippen molar-refractivity contribution in [3.8, 4) is 0 Å². The summed E-state index contributed by atoms with van der Waals surface area (Å²) in [4.78, 5) is 16.3. The summed E-state index contributed by atoms with van der Waals surface area (Å²) < 4.78 is 0.951. The summed E-state index contributed by atoms with van der Waals surface area (Å²) in [5.74, 6) is -0.0676. The monoisotopic (exact) mass is 305 g/mol. The van der Waals surface area contributed by atoms with E-state index >= 15 is 0 Å². The molecule has 1 amide bonds. The normalized spacial score (nSPS) is 14.7. The Hall–Kier alpha value is -1.62. The van der Waals surface area contributed by atoms with E-state index < -0.39 is 0 Å². The Labute approximate surface area is 113 Å². The molecule has 2 aromatic rings. The number of pyridine rings is 1. The van der Waals surface area contributed by atoms with Crippen LogP contribution >= 0.6 is 15.9 Å². The lowest BCUT2D eigenvalue weighted by molar-refractivity contribution is 0.0958. The SMILES string of the molecule is Cc1cc(Br)c2ncc3c(c2c1)NCCNC3=O. The van der Waals surface area contributed by atoms with Crippen LogP contribution in [-0.4, -0.2) is 24.0 Å². The van der Waals surface area contributed by atoms with Crippen molar-refractivity contribution in [2.45, 2.75) is 6.92 Å². The molecule has 2 N–H and O–H groups in total. The molecule has 0 fully saturated rings. The molecule has 0 unspecified atom stereocenters. The molecule has 1 aromatic heterocycles. The number of halogens is 1. The zero-order valence-electron chi connectivity index (χ0n) is 9.88. The number of aromatic nitrogens is 1. The minimum Gasteiger partial charge on any atom is -0.382 e. The summed E-state index contributed by atoms with van der Waals surface area (Å²) in [6, 6.07) is 4.08. The van der Waals surface area contributed by atoms with E-state index in [-0.39, 0.29) is 5.91 Å². The number of aryl methyl sites for hydroxylation is 1. The molecule has 0 saturated heterocycles. The molecule has 0 aliphatic carbocycles. The molecule has 3 rings (SSSR count). The number of hydrogen-bond donors (Lipinski definition) is 2. The summed E-state index contributed by atoms with van der Waals surface area (Å²) in [6.07, 6.45) is 1.63. The number of carbonyl (C=O) groups is 1. The van der Waals surface area contributed by atoms with Crippen molar-refractivity contribution in [1.82, 2.24) is 10.3 Å². The first-order valence-electron chi connectivity index (χ1n) is 5.78. The molecule has 0 bridgehead atoms. The molecule has 5 heteroatoms. The fourth-order valence-corrected chi connectivity index (χ4v) is 2.89. The molecule has 92 valence electrons. The maximum atomic E-state index is 11.9. The largest absolute Gasteiger partial charge is 0.382 e. The number of rotatable bonds is 0.